The number of benzene rings is 1. The molecule has 0 radical (unpaired) electrons. The first-order valence-corrected chi connectivity index (χ1v) is 12.0. The van der Waals surface area contributed by atoms with Crippen molar-refractivity contribution < 1.29 is 24.9 Å². The number of aliphatic carboxylic acids is 1. The summed E-state index contributed by atoms with van der Waals surface area (Å²) in [7, 11) is 1.86. The molecular weight excluding hydrogens is 448 g/mol. The molecule has 1 unspecified atom stereocenters. The van der Waals surface area contributed by atoms with Gasteiger partial charge in [-0.2, -0.15) is 0 Å². The summed E-state index contributed by atoms with van der Waals surface area (Å²) in [5.41, 5.74) is 5.39. The number of morpholine rings is 1. The molecule has 0 aromatic heterocycles. The molecule has 9 nitrogen and oxygen atoms in total. The molecule has 0 aliphatic carbocycles. The predicted octanol–water partition coefficient (Wildman–Crippen LogP) is 2.07. The third kappa shape index (κ3) is 5.12. The number of likely N-dealkylation sites (N-methyl/N-ethyl adjacent to an activating group) is 1. The Labute approximate surface area is 205 Å². The Kier molecular flexibility index (Phi) is 7.59. The number of hydrogen-bond donors (Lipinski definition) is 4. The average Bonchev–Trinajstić information content (AvgIpc) is 3.01. The van der Waals surface area contributed by atoms with Crippen molar-refractivity contribution in [3.05, 3.63) is 58.2 Å². The number of aromatic hydroxyl groups is 1. The number of carboxylic acid groups (broad SMARTS) is 1. The number of nitrogens with zero attached hydrogens (tertiary/aromatic N) is 3. The molecule has 4 N–H and O–H groups in total. The average molecular weight is 483 g/mol. The Morgan fingerprint density at radius 3 is 2.69 bits per heavy atom. The lowest BCUT2D eigenvalue weighted by Gasteiger charge is -2.34. The normalized spacial score (nSPS) is 20.8. The Morgan fingerprint density at radius 2 is 2.06 bits per heavy atom. The Balaban J connectivity index is 1.97. The van der Waals surface area contributed by atoms with Gasteiger partial charge in [0.1, 0.15) is 17.3 Å². The van der Waals surface area contributed by atoms with E-state index in [1.165, 1.54) is 0 Å². The zero-order chi connectivity index (χ0) is 25.1. The van der Waals surface area contributed by atoms with Gasteiger partial charge in [-0.25, -0.2) is 9.79 Å². The fourth-order valence-corrected chi connectivity index (χ4v) is 4.88. The highest BCUT2D eigenvalue weighted by Gasteiger charge is 2.35. The summed E-state index contributed by atoms with van der Waals surface area (Å²) in [6.45, 7) is 7.09. The van der Waals surface area contributed by atoms with Crippen molar-refractivity contribution in [1.29, 1.82) is 0 Å². The van der Waals surface area contributed by atoms with Gasteiger partial charge in [0, 0.05) is 19.6 Å². The van der Waals surface area contributed by atoms with E-state index in [1.807, 2.05) is 24.9 Å². The second kappa shape index (κ2) is 10.6. The smallest absolute Gasteiger partial charge is 0.352 e. The number of allylic oxidation sites excluding steroid dienone is 2. The van der Waals surface area contributed by atoms with Crippen LogP contribution in [0.25, 0.3) is 5.57 Å². The van der Waals surface area contributed by atoms with Crippen LogP contribution in [0.5, 0.6) is 5.75 Å². The number of aliphatic hydroxyl groups excluding tert-OH is 1. The molecule has 1 fully saturated rings. The van der Waals surface area contributed by atoms with Crippen LogP contribution in [0.3, 0.4) is 0 Å². The summed E-state index contributed by atoms with van der Waals surface area (Å²) in [6, 6.07) is 4.81. The summed E-state index contributed by atoms with van der Waals surface area (Å²) in [5, 5.41) is 32.7. The highest BCUT2D eigenvalue weighted by atomic mass is 16.5. The van der Waals surface area contributed by atoms with Gasteiger partial charge >= 0.3 is 5.97 Å². The fraction of sp³-hybridized carbons (Fsp3) is 0.462. The monoisotopic (exact) mass is 482 g/mol. The van der Waals surface area contributed by atoms with E-state index in [0.29, 0.717) is 31.9 Å². The van der Waals surface area contributed by atoms with Crippen LogP contribution in [0.2, 0.25) is 0 Å². The maximum atomic E-state index is 12.1. The Bertz CT molecular complexity index is 1110. The lowest BCUT2D eigenvalue weighted by molar-refractivity contribution is -0.133. The van der Waals surface area contributed by atoms with Gasteiger partial charge in [-0.1, -0.05) is 13.0 Å². The molecule has 4 rings (SSSR count). The molecule has 3 aliphatic rings. The number of carboxylic acids is 1. The molecule has 35 heavy (non-hydrogen) atoms. The maximum absolute atomic E-state index is 12.1. The fourth-order valence-electron chi connectivity index (χ4n) is 4.88. The number of nitrogens with one attached hydrogen (secondary N) is 1. The van der Waals surface area contributed by atoms with Crippen LogP contribution in [-0.4, -0.2) is 89.3 Å². The molecule has 1 aromatic rings. The van der Waals surface area contributed by atoms with Gasteiger partial charge in [-0.05, 0) is 67.3 Å². The van der Waals surface area contributed by atoms with E-state index in [0.717, 1.165) is 53.3 Å². The number of fused-ring (bicyclic) bond motifs is 1. The maximum Gasteiger partial charge on any atom is 0.352 e. The first-order chi connectivity index (χ1) is 16.8. The van der Waals surface area contributed by atoms with Crippen molar-refractivity contribution in [3.63, 3.8) is 0 Å². The van der Waals surface area contributed by atoms with Gasteiger partial charge in [0.2, 0.25) is 0 Å². The Morgan fingerprint density at radius 1 is 1.31 bits per heavy atom. The molecule has 1 atom stereocenters. The Hall–Kier alpha value is -3.14. The number of phenols is 1. The van der Waals surface area contributed by atoms with E-state index < -0.39 is 12.0 Å². The van der Waals surface area contributed by atoms with Crippen molar-refractivity contribution in [1.82, 2.24) is 15.1 Å². The minimum atomic E-state index is -1.05. The van der Waals surface area contributed by atoms with Crippen molar-refractivity contribution in [2.45, 2.75) is 32.7 Å². The molecule has 0 spiro atoms. The minimum Gasteiger partial charge on any atom is -0.508 e. The lowest BCUT2D eigenvalue weighted by atomic mass is 9.88. The number of ether oxygens (including phenoxy) is 1. The van der Waals surface area contributed by atoms with Crippen LogP contribution in [0, 0.1) is 6.92 Å². The van der Waals surface area contributed by atoms with E-state index in [1.54, 1.807) is 18.2 Å². The van der Waals surface area contributed by atoms with Crippen molar-refractivity contribution >= 4 is 17.3 Å². The molecular formula is C26H34N4O5. The van der Waals surface area contributed by atoms with Gasteiger partial charge in [0.05, 0.1) is 37.3 Å². The molecule has 3 aliphatic heterocycles. The lowest BCUT2D eigenvalue weighted by Crippen LogP contribution is -2.47. The van der Waals surface area contributed by atoms with Crippen LogP contribution in [0.1, 0.15) is 30.9 Å². The molecule has 1 saturated heterocycles. The van der Waals surface area contributed by atoms with Crippen LogP contribution in [0.4, 0.5) is 0 Å². The van der Waals surface area contributed by atoms with Gasteiger partial charge < -0.3 is 30.3 Å². The molecule has 9 heteroatoms. The van der Waals surface area contributed by atoms with E-state index >= 15 is 0 Å². The zero-order valence-electron chi connectivity index (χ0n) is 20.5. The first-order valence-electron chi connectivity index (χ1n) is 12.0. The second-order valence-corrected chi connectivity index (χ2v) is 9.07. The standard InChI is InChI=1S/C26H34N4O5/c1-4-17-14-20(19-6-5-18(32)13-16(19)2)23-24(28-25(17)30-8-11-35-12-9-30)22(29(3)7-10-31)15-21(27-23)26(33)34/h5-6,13,15,22,27,31-32H,4,7-12,14H2,1-3H3,(H,33,34). The highest BCUT2D eigenvalue weighted by molar-refractivity contribution is 6.14. The molecule has 0 saturated carbocycles. The number of phenolic OH excluding ortho intramolecular Hbond substituents is 1. The molecule has 3 heterocycles. The first kappa shape index (κ1) is 25.0. The van der Waals surface area contributed by atoms with E-state index in [-0.39, 0.29) is 18.1 Å². The number of aliphatic hydroxyl groups is 1. The molecule has 0 amide bonds. The van der Waals surface area contributed by atoms with Crippen LogP contribution in [-0.2, 0) is 9.53 Å². The largest absolute Gasteiger partial charge is 0.508 e. The SMILES string of the molecule is CCC1=C(N2CCOCC2)N=C2C(=C(c3ccc(O)cc3C)C1)NC(C(=O)O)=CC2N(C)CCO. The van der Waals surface area contributed by atoms with Crippen molar-refractivity contribution in [3.8, 4) is 5.75 Å². The van der Waals surface area contributed by atoms with Crippen molar-refractivity contribution in [2.24, 2.45) is 4.99 Å². The van der Waals surface area contributed by atoms with E-state index in [4.69, 9.17) is 9.73 Å². The van der Waals surface area contributed by atoms with E-state index in [2.05, 4.69) is 17.1 Å². The topological polar surface area (TPSA) is 118 Å². The third-order valence-electron chi connectivity index (χ3n) is 6.79. The molecule has 0 bridgehead atoms. The van der Waals surface area contributed by atoms with Gasteiger partial charge in [-0.3, -0.25) is 4.90 Å². The van der Waals surface area contributed by atoms with Crippen LogP contribution >= 0.6 is 0 Å². The number of aliphatic imine (C=N–C) groups is 1. The van der Waals surface area contributed by atoms with Gasteiger partial charge in [0.25, 0.3) is 0 Å². The summed E-state index contributed by atoms with van der Waals surface area (Å²) in [5.74, 6) is 0.0380. The van der Waals surface area contributed by atoms with Gasteiger partial charge in [-0.15, -0.1) is 0 Å². The third-order valence-corrected chi connectivity index (χ3v) is 6.79. The summed E-state index contributed by atoms with van der Waals surface area (Å²) < 4.78 is 5.58. The summed E-state index contributed by atoms with van der Waals surface area (Å²) >= 11 is 0. The predicted molar refractivity (Wildman–Crippen MR) is 134 cm³/mol. The molecule has 1 aromatic carbocycles. The van der Waals surface area contributed by atoms with E-state index in [9.17, 15) is 20.1 Å². The highest BCUT2D eigenvalue weighted by Crippen LogP contribution is 2.38. The number of hydrogen-bond acceptors (Lipinski definition) is 8. The second-order valence-electron chi connectivity index (χ2n) is 9.07. The van der Waals surface area contributed by atoms with Gasteiger partial charge in [0.15, 0.2) is 0 Å². The number of rotatable bonds is 7. The minimum absolute atomic E-state index is 0.0563. The molecule has 188 valence electrons. The summed E-state index contributed by atoms with van der Waals surface area (Å²) in [6.07, 6.45) is 3.04. The zero-order valence-corrected chi connectivity index (χ0v) is 20.5. The number of aryl methyl sites for hydroxylation is 1. The number of carbonyl (C=O) groups is 1. The van der Waals surface area contributed by atoms with Crippen molar-refractivity contribution in [2.75, 3.05) is 46.5 Å². The summed E-state index contributed by atoms with van der Waals surface area (Å²) in [4.78, 5) is 21.5. The quantitative estimate of drug-likeness (QED) is 0.467. The van der Waals surface area contributed by atoms with Crippen LogP contribution < -0.4 is 5.32 Å². The van der Waals surface area contributed by atoms with Crippen LogP contribution in [0.15, 0.2) is 52.1 Å².